The standard InChI is InChI=1S/C15H15ClN2O/c1-18-11-10-17-15(18)8-12-19-14-6-4-13(5-7-14)3-2-9-16/h4-7,10-11H,8-9,12H2,1H3. The van der Waals surface area contributed by atoms with Gasteiger partial charge in [-0.1, -0.05) is 11.8 Å². The van der Waals surface area contributed by atoms with Gasteiger partial charge in [0.2, 0.25) is 0 Å². The molecule has 0 radical (unpaired) electrons. The van der Waals surface area contributed by atoms with Gasteiger partial charge in [-0.25, -0.2) is 4.98 Å². The molecule has 0 amide bonds. The van der Waals surface area contributed by atoms with E-state index in [0.717, 1.165) is 23.6 Å². The molecule has 0 spiro atoms. The van der Waals surface area contributed by atoms with E-state index >= 15 is 0 Å². The van der Waals surface area contributed by atoms with Crippen LogP contribution in [0.3, 0.4) is 0 Å². The monoisotopic (exact) mass is 274 g/mol. The fourth-order valence-electron chi connectivity index (χ4n) is 1.67. The number of benzene rings is 1. The van der Waals surface area contributed by atoms with Crippen LogP contribution in [-0.4, -0.2) is 22.0 Å². The van der Waals surface area contributed by atoms with Crippen molar-refractivity contribution in [1.29, 1.82) is 0 Å². The van der Waals surface area contributed by atoms with Gasteiger partial charge in [0.25, 0.3) is 0 Å². The number of aromatic nitrogens is 2. The van der Waals surface area contributed by atoms with Gasteiger partial charge in [0.15, 0.2) is 0 Å². The van der Waals surface area contributed by atoms with E-state index in [1.54, 1.807) is 6.20 Å². The van der Waals surface area contributed by atoms with Crippen molar-refractivity contribution in [3.05, 3.63) is 48.0 Å². The third-order valence-electron chi connectivity index (χ3n) is 2.67. The van der Waals surface area contributed by atoms with Crippen molar-refractivity contribution in [3.63, 3.8) is 0 Å². The molecule has 2 rings (SSSR count). The number of ether oxygens (including phenoxy) is 1. The lowest BCUT2D eigenvalue weighted by Crippen LogP contribution is -2.06. The summed E-state index contributed by atoms with van der Waals surface area (Å²) >= 11 is 5.51. The van der Waals surface area contributed by atoms with Crippen molar-refractivity contribution in [2.45, 2.75) is 6.42 Å². The second-order valence-corrected chi connectivity index (χ2v) is 4.28. The molecule has 0 saturated heterocycles. The molecule has 1 aromatic heterocycles. The molecule has 1 aromatic carbocycles. The first-order chi connectivity index (χ1) is 9.29. The average molecular weight is 275 g/mol. The van der Waals surface area contributed by atoms with Crippen LogP contribution in [0.15, 0.2) is 36.7 Å². The Kier molecular flexibility index (Phi) is 4.88. The number of hydrogen-bond donors (Lipinski definition) is 0. The van der Waals surface area contributed by atoms with E-state index in [4.69, 9.17) is 16.3 Å². The van der Waals surface area contributed by atoms with Crippen LogP contribution in [0, 0.1) is 11.8 Å². The van der Waals surface area contributed by atoms with Gasteiger partial charge in [0.1, 0.15) is 11.6 Å². The van der Waals surface area contributed by atoms with Gasteiger partial charge in [-0.2, -0.15) is 0 Å². The summed E-state index contributed by atoms with van der Waals surface area (Å²) in [6, 6.07) is 7.68. The number of rotatable bonds is 4. The highest BCUT2D eigenvalue weighted by atomic mass is 35.5. The SMILES string of the molecule is Cn1ccnc1CCOc1ccc(C#CCCl)cc1. The molecule has 0 unspecified atom stereocenters. The summed E-state index contributed by atoms with van der Waals surface area (Å²) in [7, 11) is 1.98. The van der Waals surface area contributed by atoms with Crippen molar-refractivity contribution < 1.29 is 4.74 Å². The van der Waals surface area contributed by atoms with E-state index in [2.05, 4.69) is 16.8 Å². The smallest absolute Gasteiger partial charge is 0.119 e. The molecule has 1 heterocycles. The third-order valence-corrected chi connectivity index (χ3v) is 2.80. The van der Waals surface area contributed by atoms with Crippen LogP contribution in [0.1, 0.15) is 11.4 Å². The van der Waals surface area contributed by atoms with Gasteiger partial charge >= 0.3 is 0 Å². The summed E-state index contributed by atoms with van der Waals surface area (Å²) in [4.78, 5) is 4.25. The molecule has 0 N–H and O–H groups in total. The molecule has 3 nitrogen and oxygen atoms in total. The lowest BCUT2D eigenvalue weighted by Gasteiger charge is -2.06. The predicted octanol–water partition coefficient (Wildman–Crippen LogP) is 2.63. The van der Waals surface area contributed by atoms with Crippen LogP contribution in [-0.2, 0) is 13.5 Å². The second kappa shape index (κ2) is 6.86. The first kappa shape index (κ1) is 13.5. The molecule has 0 aliphatic rings. The van der Waals surface area contributed by atoms with E-state index in [1.165, 1.54) is 0 Å². The quantitative estimate of drug-likeness (QED) is 0.633. The van der Waals surface area contributed by atoms with Crippen molar-refractivity contribution >= 4 is 11.6 Å². The molecule has 98 valence electrons. The Labute approximate surface area is 118 Å². The fraction of sp³-hybridized carbons (Fsp3) is 0.267. The highest BCUT2D eigenvalue weighted by Crippen LogP contribution is 2.12. The molecule has 0 fully saturated rings. The third kappa shape index (κ3) is 4.04. The Morgan fingerprint density at radius 1 is 1.32 bits per heavy atom. The molecular weight excluding hydrogens is 260 g/mol. The summed E-state index contributed by atoms with van der Waals surface area (Å²) < 4.78 is 7.66. The summed E-state index contributed by atoms with van der Waals surface area (Å²) in [5.74, 6) is 7.98. The van der Waals surface area contributed by atoms with Gasteiger partial charge < -0.3 is 9.30 Å². The minimum Gasteiger partial charge on any atom is -0.493 e. The molecule has 0 saturated carbocycles. The Morgan fingerprint density at radius 3 is 2.74 bits per heavy atom. The van der Waals surface area contributed by atoms with E-state index < -0.39 is 0 Å². The Hall–Kier alpha value is -1.92. The van der Waals surface area contributed by atoms with E-state index in [-0.39, 0.29) is 0 Å². The summed E-state index contributed by atoms with van der Waals surface area (Å²) in [5, 5.41) is 0. The summed E-state index contributed by atoms with van der Waals surface area (Å²) in [6.07, 6.45) is 4.51. The van der Waals surface area contributed by atoms with Crippen molar-refractivity contribution in [3.8, 4) is 17.6 Å². The lowest BCUT2D eigenvalue weighted by atomic mass is 10.2. The maximum atomic E-state index is 5.67. The largest absolute Gasteiger partial charge is 0.493 e. The highest BCUT2D eigenvalue weighted by Gasteiger charge is 1.99. The van der Waals surface area contributed by atoms with Crippen LogP contribution in [0.5, 0.6) is 5.75 Å². The predicted molar refractivity (Wildman–Crippen MR) is 76.4 cm³/mol. The maximum Gasteiger partial charge on any atom is 0.119 e. The van der Waals surface area contributed by atoms with Crippen molar-refractivity contribution in [2.75, 3.05) is 12.5 Å². The minimum absolute atomic E-state index is 0.349. The number of halogens is 1. The molecule has 0 aliphatic heterocycles. The Morgan fingerprint density at radius 2 is 2.11 bits per heavy atom. The van der Waals surface area contributed by atoms with Gasteiger partial charge in [-0.15, -0.1) is 11.6 Å². The molecule has 0 aliphatic carbocycles. The van der Waals surface area contributed by atoms with Crippen molar-refractivity contribution in [1.82, 2.24) is 9.55 Å². The van der Waals surface area contributed by atoms with Crippen molar-refractivity contribution in [2.24, 2.45) is 7.05 Å². The molecule has 0 bridgehead atoms. The topological polar surface area (TPSA) is 27.1 Å². The molecule has 2 aromatic rings. The molecule has 0 atom stereocenters. The molecule has 4 heteroatoms. The average Bonchev–Trinajstić information content (AvgIpc) is 2.84. The summed E-state index contributed by atoms with van der Waals surface area (Å²) in [6.45, 7) is 0.609. The number of imidazole rings is 1. The fourth-order valence-corrected chi connectivity index (χ4v) is 1.73. The van der Waals surface area contributed by atoms with Gasteiger partial charge in [-0.05, 0) is 24.3 Å². The van der Waals surface area contributed by atoms with Crippen LogP contribution in [0.2, 0.25) is 0 Å². The number of nitrogens with zero attached hydrogens (tertiary/aromatic N) is 2. The minimum atomic E-state index is 0.349. The zero-order chi connectivity index (χ0) is 13.5. The first-order valence-corrected chi connectivity index (χ1v) is 6.57. The van der Waals surface area contributed by atoms with Gasteiger partial charge in [-0.3, -0.25) is 0 Å². The Bertz CT molecular complexity index is 578. The van der Waals surface area contributed by atoms with Crippen LogP contribution in [0.25, 0.3) is 0 Å². The van der Waals surface area contributed by atoms with Crippen LogP contribution in [0.4, 0.5) is 0 Å². The zero-order valence-electron chi connectivity index (χ0n) is 10.8. The molecular formula is C15H15ClN2O. The first-order valence-electron chi connectivity index (χ1n) is 6.03. The molecule has 19 heavy (non-hydrogen) atoms. The normalized spacial score (nSPS) is 9.79. The lowest BCUT2D eigenvalue weighted by molar-refractivity contribution is 0.317. The Balaban J connectivity index is 1.85. The van der Waals surface area contributed by atoms with Gasteiger partial charge in [0.05, 0.1) is 12.5 Å². The number of alkyl halides is 1. The van der Waals surface area contributed by atoms with E-state index in [1.807, 2.05) is 42.1 Å². The highest BCUT2D eigenvalue weighted by molar-refractivity contribution is 6.19. The van der Waals surface area contributed by atoms with Gasteiger partial charge in [0, 0.05) is 31.4 Å². The number of hydrogen-bond acceptors (Lipinski definition) is 2. The maximum absolute atomic E-state index is 5.67. The van der Waals surface area contributed by atoms with Crippen LogP contribution < -0.4 is 4.74 Å². The summed E-state index contributed by atoms with van der Waals surface area (Å²) in [5.41, 5.74) is 0.942. The number of aryl methyl sites for hydroxylation is 1. The van der Waals surface area contributed by atoms with E-state index in [9.17, 15) is 0 Å². The van der Waals surface area contributed by atoms with E-state index in [0.29, 0.717) is 12.5 Å². The van der Waals surface area contributed by atoms with Crippen LogP contribution >= 0.6 is 11.6 Å². The second-order valence-electron chi connectivity index (χ2n) is 4.01. The zero-order valence-corrected chi connectivity index (χ0v) is 11.5.